The largest absolute Gasteiger partial charge is 0.497 e. The molecule has 0 saturated heterocycles. The smallest absolute Gasteiger partial charge is 0.252 e. The number of nitrogens with zero attached hydrogens (tertiary/aromatic N) is 2. The van der Waals surface area contributed by atoms with Crippen LogP contribution in [-0.4, -0.2) is 23.0 Å². The summed E-state index contributed by atoms with van der Waals surface area (Å²) in [7, 11) is 1.59. The number of hydrogen-bond donors (Lipinski definition) is 2. The maximum absolute atomic E-state index is 11.6. The Balaban J connectivity index is 2.32. The minimum atomic E-state index is -0.613. The number of ether oxygens (including phenoxy) is 2. The molecule has 0 saturated carbocycles. The van der Waals surface area contributed by atoms with Crippen LogP contribution < -0.4 is 20.9 Å². The third kappa shape index (κ3) is 3.25. The third-order valence-electron chi connectivity index (χ3n) is 3.14. The molecule has 1 heterocycles. The number of nitrogen functional groups attached to an aromatic ring is 1. The van der Waals surface area contributed by atoms with Crippen molar-refractivity contribution in [2.75, 3.05) is 12.8 Å². The molecule has 1 aromatic carbocycles. The molecule has 0 aliphatic carbocycles. The van der Waals surface area contributed by atoms with Crippen LogP contribution >= 0.6 is 0 Å². The summed E-state index contributed by atoms with van der Waals surface area (Å²) in [5.41, 5.74) is 12.1. The molecule has 1 unspecified atom stereocenters. The van der Waals surface area contributed by atoms with Gasteiger partial charge >= 0.3 is 0 Å². The van der Waals surface area contributed by atoms with Crippen LogP contribution in [-0.2, 0) is 0 Å². The van der Waals surface area contributed by atoms with Gasteiger partial charge in [-0.05, 0) is 38.1 Å². The first kappa shape index (κ1) is 15.6. The topological polar surface area (TPSA) is 113 Å². The Morgan fingerprint density at radius 3 is 2.32 bits per heavy atom. The molecule has 0 bridgehead atoms. The van der Waals surface area contributed by atoms with E-state index in [1.807, 2.05) is 0 Å². The van der Waals surface area contributed by atoms with E-state index in [2.05, 4.69) is 9.97 Å². The number of benzene rings is 1. The zero-order valence-corrected chi connectivity index (χ0v) is 12.7. The van der Waals surface area contributed by atoms with Crippen molar-refractivity contribution in [3.8, 4) is 11.5 Å². The molecule has 2 aromatic rings. The average molecular weight is 302 g/mol. The van der Waals surface area contributed by atoms with E-state index in [1.165, 1.54) is 0 Å². The van der Waals surface area contributed by atoms with Gasteiger partial charge in [0.15, 0.2) is 0 Å². The highest BCUT2D eigenvalue weighted by atomic mass is 16.5. The fourth-order valence-corrected chi connectivity index (χ4v) is 2.13. The number of rotatable bonds is 5. The number of anilines is 1. The molecule has 4 N–H and O–H groups in total. The molecule has 0 aliphatic rings. The zero-order chi connectivity index (χ0) is 16.3. The van der Waals surface area contributed by atoms with E-state index in [9.17, 15) is 4.79 Å². The number of primary amides is 1. The van der Waals surface area contributed by atoms with Crippen LogP contribution in [0.3, 0.4) is 0 Å². The molecule has 0 fully saturated rings. The number of hydrogen-bond acceptors (Lipinski definition) is 6. The average Bonchev–Trinajstić information content (AvgIpc) is 2.46. The molecular formula is C15H18N4O3. The fourth-order valence-electron chi connectivity index (χ4n) is 2.13. The van der Waals surface area contributed by atoms with Gasteiger partial charge in [0.25, 0.3) is 5.91 Å². The maximum atomic E-state index is 11.6. The van der Waals surface area contributed by atoms with Gasteiger partial charge in [0.05, 0.1) is 24.1 Å². The Hall–Kier alpha value is -2.83. The third-order valence-corrected chi connectivity index (χ3v) is 3.14. The molecule has 0 spiro atoms. The van der Waals surface area contributed by atoms with E-state index in [0.717, 1.165) is 5.75 Å². The number of carbonyl (C=O) groups excluding carboxylic acids is 1. The van der Waals surface area contributed by atoms with Crippen molar-refractivity contribution < 1.29 is 14.3 Å². The maximum Gasteiger partial charge on any atom is 0.252 e. The van der Waals surface area contributed by atoms with E-state index < -0.39 is 12.0 Å². The van der Waals surface area contributed by atoms with Crippen molar-refractivity contribution in [3.05, 3.63) is 41.2 Å². The number of aryl methyl sites for hydroxylation is 1. The molecule has 116 valence electrons. The van der Waals surface area contributed by atoms with Crippen molar-refractivity contribution in [2.24, 2.45) is 5.73 Å². The highest BCUT2D eigenvalue weighted by molar-refractivity contribution is 5.95. The van der Waals surface area contributed by atoms with E-state index in [4.69, 9.17) is 20.9 Å². The molecule has 1 atom stereocenters. The normalized spacial score (nSPS) is 11.8. The first-order chi connectivity index (χ1) is 10.4. The summed E-state index contributed by atoms with van der Waals surface area (Å²) in [6.45, 7) is 3.42. The summed E-state index contributed by atoms with van der Waals surface area (Å²) >= 11 is 0. The van der Waals surface area contributed by atoms with Crippen molar-refractivity contribution >= 4 is 11.9 Å². The van der Waals surface area contributed by atoms with Gasteiger partial charge in [-0.25, -0.2) is 9.97 Å². The Bertz CT molecular complexity index is 686. The zero-order valence-electron chi connectivity index (χ0n) is 12.7. The van der Waals surface area contributed by atoms with Crippen LogP contribution in [0.25, 0.3) is 0 Å². The van der Waals surface area contributed by atoms with Crippen LogP contribution in [0.5, 0.6) is 11.5 Å². The molecule has 7 heteroatoms. The van der Waals surface area contributed by atoms with Crippen molar-refractivity contribution in [1.29, 1.82) is 0 Å². The van der Waals surface area contributed by atoms with Gasteiger partial charge in [-0.1, -0.05) is 0 Å². The predicted molar refractivity (Wildman–Crippen MR) is 81.7 cm³/mol. The first-order valence-corrected chi connectivity index (χ1v) is 6.67. The lowest BCUT2D eigenvalue weighted by Gasteiger charge is -2.17. The second kappa shape index (κ2) is 6.30. The lowest BCUT2D eigenvalue weighted by atomic mass is 10.1. The summed E-state index contributed by atoms with van der Waals surface area (Å²) in [6.07, 6.45) is -0.514. The molecule has 1 amide bonds. The van der Waals surface area contributed by atoms with Gasteiger partial charge in [-0.2, -0.15) is 0 Å². The summed E-state index contributed by atoms with van der Waals surface area (Å²) < 4.78 is 10.9. The minimum absolute atomic E-state index is 0.0719. The Labute approximate surface area is 128 Å². The van der Waals surface area contributed by atoms with Gasteiger partial charge in [-0.3, -0.25) is 4.79 Å². The number of carbonyl (C=O) groups is 1. The van der Waals surface area contributed by atoms with Crippen LogP contribution in [0.1, 0.15) is 34.8 Å². The Morgan fingerprint density at radius 1 is 1.18 bits per heavy atom. The summed E-state index contributed by atoms with van der Waals surface area (Å²) in [4.78, 5) is 19.7. The molecule has 0 radical (unpaired) electrons. The molecule has 22 heavy (non-hydrogen) atoms. The highest BCUT2D eigenvalue weighted by Crippen LogP contribution is 2.26. The quantitative estimate of drug-likeness (QED) is 0.867. The Kier molecular flexibility index (Phi) is 4.45. The monoisotopic (exact) mass is 302 g/mol. The second-order valence-corrected chi connectivity index (χ2v) is 4.73. The van der Waals surface area contributed by atoms with Crippen LogP contribution in [0.15, 0.2) is 24.3 Å². The molecule has 7 nitrogen and oxygen atoms in total. The van der Waals surface area contributed by atoms with E-state index in [1.54, 1.807) is 45.2 Å². The van der Waals surface area contributed by atoms with Gasteiger partial charge in [0, 0.05) is 0 Å². The number of aromatic nitrogens is 2. The number of nitrogens with two attached hydrogens (primary N) is 2. The van der Waals surface area contributed by atoms with Gasteiger partial charge < -0.3 is 20.9 Å². The van der Waals surface area contributed by atoms with E-state index in [0.29, 0.717) is 17.1 Å². The lowest BCUT2D eigenvalue weighted by Crippen LogP contribution is -2.21. The first-order valence-electron chi connectivity index (χ1n) is 6.67. The van der Waals surface area contributed by atoms with Crippen LogP contribution in [0, 0.1) is 6.92 Å². The summed E-state index contributed by atoms with van der Waals surface area (Å²) in [5.74, 6) is 0.791. The SMILES string of the molecule is COc1ccc(OC(C)c2nc(N)nc(C)c2C(N)=O)cc1. The Morgan fingerprint density at radius 2 is 1.77 bits per heavy atom. The van der Waals surface area contributed by atoms with E-state index >= 15 is 0 Å². The molecular weight excluding hydrogens is 284 g/mol. The van der Waals surface area contributed by atoms with Crippen molar-refractivity contribution in [1.82, 2.24) is 9.97 Å². The van der Waals surface area contributed by atoms with Crippen molar-refractivity contribution in [3.63, 3.8) is 0 Å². The number of amides is 1. The summed E-state index contributed by atoms with van der Waals surface area (Å²) in [5, 5.41) is 0. The molecule has 2 rings (SSSR count). The van der Waals surface area contributed by atoms with Crippen LogP contribution in [0.2, 0.25) is 0 Å². The lowest BCUT2D eigenvalue weighted by molar-refractivity contribution is 0.0993. The highest BCUT2D eigenvalue weighted by Gasteiger charge is 2.21. The second-order valence-electron chi connectivity index (χ2n) is 4.73. The predicted octanol–water partition coefficient (Wildman–Crippen LogP) is 1.61. The van der Waals surface area contributed by atoms with Gasteiger partial charge in [-0.15, -0.1) is 0 Å². The molecule has 1 aromatic heterocycles. The van der Waals surface area contributed by atoms with E-state index in [-0.39, 0.29) is 11.5 Å². The molecule has 0 aliphatic heterocycles. The van der Waals surface area contributed by atoms with Gasteiger partial charge in [0.1, 0.15) is 17.6 Å². The van der Waals surface area contributed by atoms with Crippen molar-refractivity contribution in [2.45, 2.75) is 20.0 Å². The number of methoxy groups -OCH3 is 1. The summed E-state index contributed by atoms with van der Waals surface area (Å²) in [6, 6.07) is 7.07. The minimum Gasteiger partial charge on any atom is -0.497 e. The standard InChI is InChI=1S/C15H18N4O3/c1-8-12(14(16)20)13(19-15(17)18-8)9(2)22-11-6-4-10(21-3)5-7-11/h4-7,9H,1-3H3,(H2,16,20)(H2,17,18,19). The van der Waals surface area contributed by atoms with Gasteiger partial charge in [0.2, 0.25) is 5.95 Å². The van der Waals surface area contributed by atoms with Crippen LogP contribution in [0.4, 0.5) is 5.95 Å². The fraction of sp³-hybridized carbons (Fsp3) is 0.267.